The molecule has 138 valence electrons. The quantitative estimate of drug-likeness (QED) is 0.835. The van der Waals surface area contributed by atoms with Gasteiger partial charge in [-0.15, -0.1) is 0 Å². The molecule has 1 unspecified atom stereocenters. The summed E-state index contributed by atoms with van der Waals surface area (Å²) in [5, 5.41) is 2.63. The van der Waals surface area contributed by atoms with E-state index in [0.29, 0.717) is 0 Å². The molecule has 2 rings (SSSR count). The molecule has 0 heterocycles. The molecule has 2 N–H and O–H groups in total. The lowest BCUT2D eigenvalue weighted by Gasteiger charge is -2.23. The number of rotatable bonds is 5. The fourth-order valence-electron chi connectivity index (χ4n) is 2.92. The Labute approximate surface area is 149 Å². The minimum absolute atomic E-state index is 0.0368. The Morgan fingerprint density at radius 1 is 1.08 bits per heavy atom. The van der Waals surface area contributed by atoms with Crippen LogP contribution in [0.4, 0.5) is 0 Å². The third-order valence-corrected chi connectivity index (χ3v) is 6.10. The van der Waals surface area contributed by atoms with E-state index >= 15 is 0 Å². The van der Waals surface area contributed by atoms with E-state index in [2.05, 4.69) is 5.32 Å². The Morgan fingerprint density at radius 3 is 2.32 bits per heavy atom. The van der Waals surface area contributed by atoms with E-state index in [1.165, 1.54) is 19.1 Å². The summed E-state index contributed by atoms with van der Waals surface area (Å²) in [6.45, 7) is 5.18. The first-order valence-corrected chi connectivity index (χ1v) is 10.1. The van der Waals surface area contributed by atoms with Crippen LogP contribution in [0, 0.1) is 19.8 Å². The second-order valence-corrected chi connectivity index (χ2v) is 8.46. The van der Waals surface area contributed by atoms with E-state index in [1.807, 2.05) is 18.6 Å². The molecule has 2 amide bonds. The van der Waals surface area contributed by atoms with E-state index in [4.69, 9.17) is 0 Å². The van der Waals surface area contributed by atoms with Gasteiger partial charge in [0.05, 0.1) is 4.90 Å². The smallest absolute Gasteiger partial charge is 0.264 e. The topological polar surface area (TPSA) is 92.3 Å². The van der Waals surface area contributed by atoms with Gasteiger partial charge in [-0.1, -0.05) is 25.3 Å². The van der Waals surface area contributed by atoms with Gasteiger partial charge in [0.2, 0.25) is 5.91 Å². The molecule has 6 nitrogen and oxygen atoms in total. The van der Waals surface area contributed by atoms with Crippen molar-refractivity contribution in [3.63, 3.8) is 0 Å². The van der Waals surface area contributed by atoms with Crippen LogP contribution in [0.2, 0.25) is 0 Å². The van der Waals surface area contributed by atoms with Crippen LogP contribution in [0.15, 0.2) is 23.1 Å². The molecule has 0 radical (unpaired) electrons. The molecule has 25 heavy (non-hydrogen) atoms. The average molecular weight is 366 g/mol. The number of sulfonamides is 1. The molecule has 1 aliphatic carbocycles. The summed E-state index contributed by atoms with van der Waals surface area (Å²) in [5.74, 6) is -0.992. The van der Waals surface area contributed by atoms with Gasteiger partial charge in [-0.05, 0) is 56.9 Å². The molecule has 0 aromatic heterocycles. The monoisotopic (exact) mass is 366 g/mol. The summed E-state index contributed by atoms with van der Waals surface area (Å²) in [7, 11) is -3.96. The first kappa shape index (κ1) is 19.4. The standard InChI is InChI=1S/C18H26N2O4S/c1-12-9-10-16(11-13(12)2)25(23,24)20-17(21)14(3)19-18(22)15-7-5-4-6-8-15/h9-11,14-15H,4-8H2,1-3H3,(H,19,22)(H,20,21). The summed E-state index contributed by atoms with van der Waals surface area (Å²) >= 11 is 0. The van der Waals surface area contributed by atoms with Gasteiger partial charge in [0.25, 0.3) is 15.9 Å². The van der Waals surface area contributed by atoms with Gasteiger partial charge in [0.1, 0.15) is 6.04 Å². The number of hydrogen-bond donors (Lipinski definition) is 2. The van der Waals surface area contributed by atoms with Gasteiger partial charge in [0.15, 0.2) is 0 Å². The highest BCUT2D eigenvalue weighted by atomic mass is 32.2. The zero-order valence-electron chi connectivity index (χ0n) is 15.0. The van der Waals surface area contributed by atoms with Crippen molar-refractivity contribution >= 4 is 21.8 Å². The second-order valence-electron chi connectivity index (χ2n) is 6.78. The van der Waals surface area contributed by atoms with Crippen LogP contribution in [-0.2, 0) is 19.6 Å². The van der Waals surface area contributed by atoms with Crippen LogP contribution in [0.5, 0.6) is 0 Å². The molecule has 0 saturated heterocycles. The fraction of sp³-hybridized carbons (Fsp3) is 0.556. The number of carbonyl (C=O) groups is 2. The van der Waals surface area contributed by atoms with Crippen LogP contribution in [0.25, 0.3) is 0 Å². The number of hydrogen-bond acceptors (Lipinski definition) is 4. The van der Waals surface area contributed by atoms with Gasteiger partial charge < -0.3 is 5.32 Å². The summed E-state index contributed by atoms with van der Waals surface area (Å²) in [6.07, 6.45) is 4.80. The first-order chi connectivity index (χ1) is 11.7. The third-order valence-electron chi connectivity index (χ3n) is 4.75. The molecule has 0 aliphatic heterocycles. The molecule has 1 aliphatic rings. The number of carbonyl (C=O) groups excluding carboxylic acids is 2. The van der Waals surface area contributed by atoms with E-state index < -0.39 is 22.0 Å². The van der Waals surface area contributed by atoms with Crippen molar-refractivity contribution in [1.29, 1.82) is 0 Å². The molecule has 1 saturated carbocycles. The maximum atomic E-state index is 12.4. The van der Waals surface area contributed by atoms with E-state index in [0.717, 1.165) is 43.2 Å². The van der Waals surface area contributed by atoms with Crippen LogP contribution in [0.3, 0.4) is 0 Å². The molecule has 0 bridgehead atoms. The molecular weight excluding hydrogens is 340 g/mol. The maximum Gasteiger partial charge on any atom is 0.264 e. The Balaban J connectivity index is 1.99. The highest BCUT2D eigenvalue weighted by Gasteiger charge is 2.26. The zero-order chi connectivity index (χ0) is 18.6. The lowest BCUT2D eigenvalue weighted by Crippen LogP contribution is -2.48. The average Bonchev–Trinajstić information content (AvgIpc) is 2.57. The largest absolute Gasteiger partial charge is 0.344 e. The third kappa shape index (κ3) is 5.04. The highest BCUT2D eigenvalue weighted by molar-refractivity contribution is 7.90. The Bertz CT molecular complexity index is 752. The molecule has 7 heteroatoms. The van der Waals surface area contributed by atoms with Crippen LogP contribution >= 0.6 is 0 Å². The van der Waals surface area contributed by atoms with Crippen LogP contribution < -0.4 is 10.0 Å². The van der Waals surface area contributed by atoms with E-state index in [1.54, 1.807) is 6.07 Å². The molecule has 0 spiro atoms. The van der Waals surface area contributed by atoms with Crippen molar-refractivity contribution in [2.24, 2.45) is 5.92 Å². The minimum atomic E-state index is -3.96. The lowest BCUT2D eigenvalue weighted by atomic mass is 9.88. The number of nitrogens with one attached hydrogen (secondary N) is 2. The van der Waals surface area contributed by atoms with E-state index in [-0.39, 0.29) is 16.7 Å². The lowest BCUT2D eigenvalue weighted by molar-refractivity contribution is -0.130. The zero-order valence-corrected chi connectivity index (χ0v) is 15.8. The van der Waals surface area contributed by atoms with Gasteiger partial charge in [-0.25, -0.2) is 13.1 Å². The van der Waals surface area contributed by atoms with Crippen LogP contribution in [-0.4, -0.2) is 26.3 Å². The Hall–Kier alpha value is -1.89. The van der Waals surface area contributed by atoms with Crippen molar-refractivity contribution in [2.75, 3.05) is 0 Å². The van der Waals surface area contributed by atoms with Crippen LogP contribution in [0.1, 0.15) is 50.2 Å². The minimum Gasteiger partial charge on any atom is -0.344 e. The predicted octanol–water partition coefficient (Wildman–Crippen LogP) is 2.19. The van der Waals surface area contributed by atoms with Crippen molar-refractivity contribution in [3.8, 4) is 0 Å². The van der Waals surface area contributed by atoms with Gasteiger partial charge >= 0.3 is 0 Å². The first-order valence-electron chi connectivity index (χ1n) is 8.65. The number of aryl methyl sites for hydroxylation is 2. The molecule has 1 atom stereocenters. The normalized spacial score (nSPS) is 16.9. The summed E-state index contributed by atoms with van der Waals surface area (Å²) in [5.41, 5.74) is 1.80. The predicted molar refractivity (Wildman–Crippen MR) is 95.4 cm³/mol. The summed E-state index contributed by atoms with van der Waals surface area (Å²) in [6, 6.07) is 3.78. The van der Waals surface area contributed by atoms with Crippen molar-refractivity contribution in [2.45, 2.75) is 63.8 Å². The van der Waals surface area contributed by atoms with E-state index in [9.17, 15) is 18.0 Å². The van der Waals surface area contributed by atoms with Crippen molar-refractivity contribution in [1.82, 2.24) is 10.0 Å². The molecule has 1 aromatic carbocycles. The summed E-state index contributed by atoms with van der Waals surface area (Å²) in [4.78, 5) is 24.4. The van der Waals surface area contributed by atoms with Gasteiger partial charge in [0, 0.05) is 5.92 Å². The van der Waals surface area contributed by atoms with Gasteiger partial charge in [-0.2, -0.15) is 0 Å². The number of amides is 2. The fourth-order valence-corrected chi connectivity index (χ4v) is 4.06. The Morgan fingerprint density at radius 2 is 1.72 bits per heavy atom. The van der Waals surface area contributed by atoms with Crippen molar-refractivity contribution < 1.29 is 18.0 Å². The second kappa shape index (κ2) is 7.99. The van der Waals surface area contributed by atoms with Crippen molar-refractivity contribution in [3.05, 3.63) is 29.3 Å². The SMILES string of the molecule is Cc1ccc(S(=O)(=O)NC(=O)C(C)NC(=O)C2CCCCC2)cc1C. The maximum absolute atomic E-state index is 12.4. The highest BCUT2D eigenvalue weighted by Crippen LogP contribution is 2.23. The number of benzene rings is 1. The Kier molecular flexibility index (Phi) is 6.21. The molecule has 1 aromatic rings. The van der Waals surface area contributed by atoms with Gasteiger partial charge in [-0.3, -0.25) is 9.59 Å². The molecular formula is C18H26N2O4S. The summed E-state index contributed by atoms with van der Waals surface area (Å²) < 4.78 is 26.8. The molecule has 1 fully saturated rings.